The standard InChI is InChI=1S/C29H38O7/c1-18(2)14-25(32)36-20-6-11-27(17-30)22-7-10-26(3)21(19-4-5-24(31)35-16-19)9-13-29(26,34)23(22)8-12-28(27,33)15-20/h4-5,14,16-17,20-23,33-34H,6-13,15H2,1-3H3/t20?,21-,22+,23-,26-,27+,28?,29+/m1/s1. The van der Waals surface area contributed by atoms with Gasteiger partial charge in [0.25, 0.3) is 0 Å². The fourth-order valence-electron chi connectivity index (χ4n) is 8.77. The van der Waals surface area contributed by atoms with Gasteiger partial charge in [-0.2, -0.15) is 0 Å². The molecule has 196 valence electrons. The lowest BCUT2D eigenvalue weighted by atomic mass is 9.41. The second-order valence-electron chi connectivity index (χ2n) is 12.3. The number of rotatable bonds is 4. The molecule has 0 bridgehead atoms. The van der Waals surface area contributed by atoms with Crippen LogP contribution in [-0.4, -0.2) is 39.8 Å². The van der Waals surface area contributed by atoms with E-state index in [0.29, 0.717) is 32.1 Å². The molecule has 4 fully saturated rings. The number of carbonyl (C=O) groups is 2. The number of aldehydes is 1. The Kier molecular flexibility index (Phi) is 6.11. The fourth-order valence-corrected chi connectivity index (χ4v) is 8.77. The molecule has 4 aliphatic rings. The van der Waals surface area contributed by atoms with Crippen molar-refractivity contribution in [3.63, 3.8) is 0 Å². The van der Waals surface area contributed by atoms with Crippen LogP contribution in [0.1, 0.15) is 90.0 Å². The number of carbonyl (C=O) groups excluding carboxylic acids is 2. The molecule has 1 heterocycles. The van der Waals surface area contributed by atoms with E-state index in [1.165, 1.54) is 18.4 Å². The van der Waals surface area contributed by atoms with Crippen LogP contribution in [0.2, 0.25) is 0 Å². The molecule has 1 aromatic rings. The molecule has 36 heavy (non-hydrogen) atoms. The van der Waals surface area contributed by atoms with Crippen molar-refractivity contribution in [2.75, 3.05) is 0 Å². The summed E-state index contributed by atoms with van der Waals surface area (Å²) >= 11 is 0. The molecule has 7 nitrogen and oxygen atoms in total. The Labute approximate surface area is 211 Å². The number of ether oxygens (including phenoxy) is 1. The van der Waals surface area contributed by atoms with Gasteiger partial charge >= 0.3 is 11.6 Å². The molecule has 0 amide bonds. The minimum absolute atomic E-state index is 0.0611. The summed E-state index contributed by atoms with van der Waals surface area (Å²) in [6.07, 6.45) is 8.60. The first-order valence-corrected chi connectivity index (χ1v) is 13.3. The molecule has 8 atom stereocenters. The summed E-state index contributed by atoms with van der Waals surface area (Å²) < 4.78 is 10.8. The molecule has 0 radical (unpaired) electrons. The van der Waals surface area contributed by atoms with E-state index in [4.69, 9.17) is 9.15 Å². The van der Waals surface area contributed by atoms with E-state index in [9.17, 15) is 24.6 Å². The second kappa shape index (κ2) is 8.66. The van der Waals surface area contributed by atoms with Gasteiger partial charge in [0.2, 0.25) is 0 Å². The molecule has 2 N–H and O–H groups in total. The molecule has 0 saturated heterocycles. The lowest BCUT2D eigenvalue weighted by Crippen LogP contribution is -2.68. The van der Waals surface area contributed by atoms with Crippen LogP contribution in [-0.2, 0) is 14.3 Å². The average Bonchev–Trinajstić information content (AvgIpc) is 3.09. The monoisotopic (exact) mass is 498 g/mol. The van der Waals surface area contributed by atoms with Crippen LogP contribution < -0.4 is 5.63 Å². The quantitative estimate of drug-likeness (QED) is 0.366. The number of hydrogen-bond acceptors (Lipinski definition) is 7. The average molecular weight is 499 g/mol. The van der Waals surface area contributed by atoms with Gasteiger partial charge in [-0.15, -0.1) is 0 Å². The molecule has 5 rings (SSSR count). The van der Waals surface area contributed by atoms with Crippen molar-refractivity contribution in [3.05, 3.63) is 46.0 Å². The van der Waals surface area contributed by atoms with Crippen LogP contribution in [0.15, 0.2) is 39.3 Å². The van der Waals surface area contributed by atoms with Gasteiger partial charge in [0, 0.05) is 24.0 Å². The second-order valence-corrected chi connectivity index (χ2v) is 12.3. The molecule has 0 aromatic carbocycles. The Hall–Kier alpha value is -2.25. The maximum Gasteiger partial charge on any atom is 0.335 e. The largest absolute Gasteiger partial charge is 0.459 e. The normalized spacial score (nSPS) is 43.5. The van der Waals surface area contributed by atoms with Crippen LogP contribution in [0.5, 0.6) is 0 Å². The summed E-state index contributed by atoms with van der Waals surface area (Å²) in [6.45, 7) is 5.80. The van der Waals surface area contributed by atoms with E-state index in [-0.39, 0.29) is 29.8 Å². The predicted molar refractivity (Wildman–Crippen MR) is 132 cm³/mol. The minimum Gasteiger partial charge on any atom is -0.459 e. The Morgan fingerprint density at radius 1 is 1.06 bits per heavy atom. The number of allylic oxidation sites excluding steroid dienone is 1. The van der Waals surface area contributed by atoms with Gasteiger partial charge in [-0.05, 0) is 94.6 Å². The van der Waals surface area contributed by atoms with E-state index in [2.05, 4.69) is 6.92 Å². The van der Waals surface area contributed by atoms with E-state index in [1.807, 2.05) is 19.9 Å². The summed E-state index contributed by atoms with van der Waals surface area (Å²) in [4.78, 5) is 36.6. The van der Waals surface area contributed by atoms with Gasteiger partial charge in [0.1, 0.15) is 12.4 Å². The summed E-state index contributed by atoms with van der Waals surface area (Å²) in [7, 11) is 0. The summed E-state index contributed by atoms with van der Waals surface area (Å²) in [5.41, 5.74) is -2.20. The molecule has 4 saturated carbocycles. The molecule has 7 heteroatoms. The highest BCUT2D eigenvalue weighted by Gasteiger charge is 2.71. The molecule has 2 unspecified atom stereocenters. The van der Waals surface area contributed by atoms with Gasteiger partial charge in [0.15, 0.2) is 0 Å². The topological polar surface area (TPSA) is 114 Å². The minimum atomic E-state index is -1.25. The highest BCUT2D eigenvalue weighted by atomic mass is 16.5. The highest BCUT2D eigenvalue weighted by molar-refractivity contribution is 5.82. The van der Waals surface area contributed by atoms with Gasteiger partial charge in [-0.25, -0.2) is 9.59 Å². The maximum atomic E-state index is 12.8. The fraction of sp³-hybridized carbons (Fsp3) is 0.690. The number of esters is 1. The van der Waals surface area contributed by atoms with Crippen LogP contribution in [0.3, 0.4) is 0 Å². The summed E-state index contributed by atoms with van der Waals surface area (Å²) in [6, 6.07) is 3.25. The van der Waals surface area contributed by atoms with Crippen molar-refractivity contribution < 1.29 is 29.0 Å². The lowest BCUT2D eigenvalue weighted by Gasteiger charge is -2.65. The molecular weight excluding hydrogens is 460 g/mol. The molecule has 4 aliphatic carbocycles. The first kappa shape index (κ1) is 25.4. The Balaban J connectivity index is 1.42. The van der Waals surface area contributed by atoms with Crippen molar-refractivity contribution in [2.24, 2.45) is 22.7 Å². The zero-order chi connectivity index (χ0) is 25.9. The maximum absolute atomic E-state index is 12.8. The number of aliphatic hydroxyl groups is 2. The summed E-state index contributed by atoms with van der Waals surface area (Å²) in [5.74, 6) is -0.584. The van der Waals surface area contributed by atoms with Crippen molar-refractivity contribution in [3.8, 4) is 0 Å². The van der Waals surface area contributed by atoms with Gasteiger partial charge < -0.3 is 24.2 Å². The Morgan fingerprint density at radius 3 is 2.47 bits per heavy atom. The van der Waals surface area contributed by atoms with Crippen LogP contribution >= 0.6 is 0 Å². The van der Waals surface area contributed by atoms with Crippen molar-refractivity contribution in [2.45, 2.75) is 102 Å². The van der Waals surface area contributed by atoms with Crippen molar-refractivity contribution in [1.82, 2.24) is 0 Å². The third kappa shape index (κ3) is 3.57. The van der Waals surface area contributed by atoms with Crippen molar-refractivity contribution >= 4 is 12.3 Å². The van der Waals surface area contributed by atoms with Crippen LogP contribution in [0.25, 0.3) is 0 Å². The predicted octanol–water partition coefficient (Wildman–Crippen LogP) is 4.05. The van der Waals surface area contributed by atoms with E-state index in [1.54, 1.807) is 0 Å². The van der Waals surface area contributed by atoms with Gasteiger partial charge in [-0.1, -0.05) is 12.5 Å². The van der Waals surface area contributed by atoms with Crippen LogP contribution in [0, 0.1) is 22.7 Å². The Morgan fingerprint density at radius 2 is 1.81 bits per heavy atom. The van der Waals surface area contributed by atoms with E-state index in [0.717, 1.165) is 36.7 Å². The SMILES string of the molecule is CC(C)=CC(=O)OC1CC[C@]2(C=O)[C@H]3CC[C@]4(C)[C@@H](c5ccc(=O)oc5)CC[C@]4(O)[C@@H]3CCC2(O)C1. The first-order valence-electron chi connectivity index (χ1n) is 13.3. The number of fused-ring (bicyclic) bond motifs is 5. The molecular formula is C29H38O7. The van der Waals surface area contributed by atoms with Gasteiger partial charge in [0.05, 0.1) is 22.9 Å². The number of hydrogen-bond donors (Lipinski definition) is 2. The zero-order valence-corrected chi connectivity index (χ0v) is 21.5. The highest BCUT2D eigenvalue weighted by Crippen LogP contribution is 2.71. The van der Waals surface area contributed by atoms with Crippen molar-refractivity contribution in [1.29, 1.82) is 0 Å². The zero-order valence-electron chi connectivity index (χ0n) is 21.5. The van der Waals surface area contributed by atoms with Gasteiger partial charge in [-0.3, -0.25) is 0 Å². The third-order valence-electron chi connectivity index (χ3n) is 10.5. The first-order chi connectivity index (χ1) is 17.0. The molecule has 1 aromatic heterocycles. The Bertz CT molecular complexity index is 1110. The third-order valence-corrected chi connectivity index (χ3v) is 10.5. The smallest absolute Gasteiger partial charge is 0.335 e. The lowest BCUT2D eigenvalue weighted by molar-refractivity contribution is -0.248. The van der Waals surface area contributed by atoms with E-state index >= 15 is 0 Å². The van der Waals surface area contributed by atoms with Crippen LogP contribution in [0.4, 0.5) is 0 Å². The molecule has 0 aliphatic heterocycles. The molecule has 0 spiro atoms. The summed E-state index contributed by atoms with van der Waals surface area (Å²) in [5, 5.41) is 24.3. The van der Waals surface area contributed by atoms with E-state index < -0.39 is 34.1 Å².